The van der Waals surface area contributed by atoms with Gasteiger partial charge in [-0.1, -0.05) is 145 Å². The van der Waals surface area contributed by atoms with E-state index in [2.05, 4.69) is 93.6 Å². The highest BCUT2D eigenvalue weighted by Crippen LogP contribution is 2.48. The minimum Gasteiger partial charge on any atom is -0.399 e. The van der Waals surface area contributed by atoms with Crippen LogP contribution < -0.4 is 11.5 Å². The van der Waals surface area contributed by atoms with Gasteiger partial charge in [-0.15, -0.1) is 0 Å². The Bertz CT molecular complexity index is 1330. The summed E-state index contributed by atoms with van der Waals surface area (Å²) >= 11 is 0. The fraction of sp³-hybridized carbons (Fsp3) is 0.442. The van der Waals surface area contributed by atoms with E-state index in [-0.39, 0.29) is 5.41 Å². The zero-order chi connectivity index (χ0) is 31.6. The highest BCUT2D eigenvalue weighted by molar-refractivity contribution is 5.47. The molecule has 4 aromatic rings. The molecule has 0 spiro atoms. The monoisotopic (exact) mass is 600 g/mol. The molecule has 1 aliphatic carbocycles. The molecule has 0 bridgehead atoms. The number of unbranched alkanes of at least 4 members (excludes halogenated alkanes) is 6. The summed E-state index contributed by atoms with van der Waals surface area (Å²) < 4.78 is 0. The molecular weight excluding hydrogens is 544 g/mol. The maximum Gasteiger partial charge on any atom is 0.0314 e. The second-order valence-corrected chi connectivity index (χ2v) is 14.0. The maximum absolute atomic E-state index is 5.96. The summed E-state index contributed by atoms with van der Waals surface area (Å²) in [5.74, 6) is 1.54. The average Bonchev–Trinajstić information content (AvgIpc) is 3.08. The molecular formula is C43H56N2. The van der Waals surface area contributed by atoms with E-state index in [0.29, 0.717) is 11.8 Å². The van der Waals surface area contributed by atoms with E-state index in [1.807, 2.05) is 24.3 Å². The van der Waals surface area contributed by atoms with Crippen LogP contribution >= 0.6 is 0 Å². The molecule has 1 saturated carbocycles. The number of anilines is 2. The lowest BCUT2D eigenvalue weighted by Crippen LogP contribution is -2.33. The van der Waals surface area contributed by atoms with Crippen LogP contribution in [0, 0.1) is 5.92 Å². The first-order chi connectivity index (χ1) is 21.9. The summed E-state index contributed by atoms with van der Waals surface area (Å²) in [6.07, 6.45) is 16.3. The number of nitrogens with two attached hydrogens (primary N) is 2. The van der Waals surface area contributed by atoms with Crippen molar-refractivity contribution in [2.75, 3.05) is 11.5 Å². The predicted molar refractivity (Wildman–Crippen MR) is 195 cm³/mol. The van der Waals surface area contributed by atoms with Crippen molar-refractivity contribution in [2.45, 2.75) is 115 Å². The Labute approximate surface area is 273 Å². The maximum atomic E-state index is 5.96. The largest absolute Gasteiger partial charge is 0.399 e. The van der Waals surface area contributed by atoms with Gasteiger partial charge in [0.25, 0.3) is 0 Å². The Morgan fingerprint density at radius 3 is 1.29 bits per heavy atom. The van der Waals surface area contributed by atoms with E-state index in [4.69, 9.17) is 11.5 Å². The first-order valence-electron chi connectivity index (χ1n) is 17.8. The molecule has 45 heavy (non-hydrogen) atoms. The van der Waals surface area contributed by atoms with Crippen LogP contribution in [-0.4, -0.2) is 0 Å². The van der Waals surface area contributed by atoms with E-state index in [1.54, 1.807) is 0 Å². The topological polar surface area (TPSA) is 52.0 Å². The summed E-state index contributed by atoms with van der Waals surface area (Å²) in [4.78, 5) is 0. The summed E-state index contributed by atoms with van der Waals surface area (Å²) in [6.45, 7) is 6.90. The number of nitrogen functional groups attached to an aromatic ring is 2. The smallest absolute Gasteiger partial charge is 0.0314 e. The minimum atomic E-state index is 0.0720. The Hall–Kier alpha value is -3.52. The quantitative estimate of drug-likeness (QED) is 0.112. The average molecular weight is 601 g/mol. The van der Waals surface area contributed by atoms with Gasteiger partial charge in [0.15, 0.2) is 0 Å². The predicted octanol–water partition coefficient (Wildman–Crippen LogP) is 11.8. The van der Waals surface area contributed by atoms with Crippen molar-refractivity contribution >= 4 is 11.4 Å². The molecule has 2 nitrogen and oxygen atoms in total. The van der Waals surface area contributed by atoms with Crippen LogP contribution in [0.3, 0.4) is 0 Å². The van der Waals surface area contributed by atoms with Crippen molar-refractivity contribution in [3.8, 4) is 0 Å². The van der Waals surface area contributed by atoms with E-state index >= 15 is 0 Å². The van der Waals surface area contributed by atoms with Crippen LogP contribution in [0.15, 0.2) is 97.1 Å². The SMILES string of the molecule is CCCCCCCCCC1CCC(c2ccc(C(C)c3ccc(N)cc3)cc2)(c2ccc(C(C)c3ccc(N)cc3)cc2)CC1. The highest BCUT2D eigenvalue weighted by Gasteiger charge is 2.38. The van der Waals surface area contributed by atoms with Crippen LogP contribution in [0.5, 0.6) is 0 Å². The lowest BCUT2D eigenvalue weighted by Gasteiger charge is -2.42. The van der Waals surface area contributed by atoms with Crippen LogP contribution in [0.2, 0.25) is 0 Å². The molecule has 2 atom stereocenters. The third kappa shape index (κ3) is 8.20. The van der Waals surface area contributed by atoms with Crippen molar-refractivity contribution in [1.82, 2.24) is 0 Å². The Kier molecular flexibility index (Phi) is 11.4. The van der Waals surface area contributed by atoms with Gasteiger partial charge in [-0.25, -0.2) is 0 Å². The molecule has 0 aliphatic heterocycles. The van der Waals surface area contributed by atoms with Crippen molar-refractivity contribution < 1.29 is 0 Å². The molecule has 0 saturated heterocycles. The number of benzene rings is 4. The molecule has 2 unspecified atom stereocenters. The number of rotatable bonds is 14. The van der Waals surface area contributed by atoms with Gasteiger partial charge < -0.3 is 11.5 Å². The zero-order valence-electron chi connectivity index (χ0n) is 28.1. The number of hydrogen-bond acceptors (Lipinski definition) is 2. The van der Waals surface area contributed by atoms with Crippen LogP contribution in [0.25, 0.3) is 0 Å². The van der Waals surface area contributed by atoms with Gasteiger partial charge in [-0.3, -0.25) is 0 Å². The standard InChI is InChI=1S/C43H56N2/c1-4-5-6-7-8-9-10-11-34-28-30-43(31-29-34,39-20-12-35(13-21-39)32(2)37-16-24-41(44)25-17-37)40-22-14-36(15-23-40)33(3)38-18-26-42(45)27-19-38/h12-27,32-34H,4-11,28-31,44-45H2,1-3H3. The third-order valence-corrected chi connectivity index (χ3v) is 11.0. The minimum absolute atomic E-state index is 0.0720. The van der Waals surface area contributed by atoms with Gasteiger partial charge in [0, 0.05) is 28.6 Å². The molecule has 2 heteroatoms. The molecule has 4 aromatic carbocycles. The highest BCUT2D eigenvalue weighted by atomic mass is 14.5. The molecule has 4 N–H and O–H groups in total. The van der Waals surface area contributed by atoms with E-state index in [9.17, 15) is 0 Å². The fourth-order valence-electron chi connectivity index (χ4n) is 7.73. The molecule has 1 fully saturated rings. The van der Waals surface area contributed by atoms with Gasteiger partial charge in [0.2, 0.25) is 0 Å². The van der Waals surface area contributed by atoms with E-state index in [0.717, 1.165) is 17.3 Å². The lowest BCUT2D eigenvalue weighted by molar-refractivity contribution is 0.250. The number of hydrogen-bond donors (Lipinski definition) is 2. The van der Waals surface area contributed by atoms with Crippen molar-refractivity contribution in [3.63, 3.8) is 0 Å². The third-order valence-electron chi connectivity index (χ3n) is 11.0. The van der Waals surface area contributed by atoms with Gasteiger partial charge in [-0.2, -0.15) is 0 Å². The Morgan fingerprint density at radius 2 is 0.889 bits per heavy atom. The molecule has 0 amide bonds. The Balaban J connectivity index is 1.33. The van der Waals surface area contributed by atoms with Gasteiger partial charge in [0.1, 0.15) is 0 Å². The summed E-state index contributed by atoms with van der Waals surface area (Å²) in [7, 11) is 0. The van der Waals surface area contributed by atoms with Gasteiger partial charge in [-0.05, 0) is 89.2 Å². The van der Waals surface area contributed by atoms with Crippen LogP contribution in [0.1, 0.15) is 143 Å². The second-order valence-electron chi connectivity index (χ2n) is 14.0. The van der Waals surface area contributed by atoms with E-state index in [1.165, 1.54) is 110 Å². The van der Waals surface area contributed by atoms with Crippen molar-refractivity contribution in [3.05, 3.63) is 130 Å². The summed E-state index contributed by atoms with van der Waals surface area (Å²) in [6, 6.07) is 35.9. The fourth-order valence-corrected chi connectivity index (χ4v) is 7.73. The summed E-state index contributed by atoms with van der Waals surface area (Å²) in [5, 5.41) is 0. The Morgan fingerprint density at radius 1 is 0.533 bits per heavy atom. The van der Waals surface area contributed by atoms with Gasteiger partial charge >= 0.3 is 0 Å². The van der Waals surface area contributed by atoms with E-state index < -0.39 is 0 Å². The molecule has 1 aliphatic rings. The normalized spacial score (nSPS) is 19.7. The first-order valence-corrected chi connectivity index (χ1v) is 17.8. The van der Waals surface area contributed by atoms with Crippen LogP contribution in [-0.2, 0) is 5.41 Å². The molecule has 0 aromatic heterocycles. The van der Waals surface area contributed by atoms with Crippen molar-refractivity contribution in [2.24, 2.45) is 5.92 Å². The van der Waals surface area contributed by atoms with Crippen LogP contribution in [0.4, 0.5) is 11.4 Å². The second kappa shape index (κ2) is 15.7. The lowest BCUT2D eigenvalue weighted by atomic mass is 9.62. The summed E-state index contributed by atoms with van der Waals surface area (Å²) in [5.41, 5.74) is 21.9. The first kappa shape index (κ1) is 32.9. The molecule has 238 valence electrons. The van der Waals surface area contributed by atoms with Crippen molar-refractivity contribution in [1.29, 1.82) is 0 Å². The zero-order valence-corrected chi connectivity index (χ0v) is 28.1. The molecule has 0 radical (unpaired) electrons. The molecule has 5 rings (SSSR count). The van der Waals surface area contributed by atoms with Gasteiger partial charge in [0.05, 0.1) is 0 Å². The molecule has 0 heterocycles.